The highest BCUT2D eigenvalue weighted by atomic mass is 16.5. The van der Waals surface area contributed by atoms with Crippen molar-refractivity contribution in [3.63, 3.8) is 0 Å². The zero-order chi connectivity index (χ0) is 12.8. The van der Waals surface area contributed by atoms with Crippen molar-refractivity contribution in [2.45, 2.75) is 39.0 Å². The number of aromatic nitrogens is 3. The van der Waals surface area contributed by atoms with E-state index >= 15 is 0 Å². The molecule has 2 N–H and O–H groups in total. The molecule has 0 radical (unpaired) electrons. The molecule has 2 rings (SSSR count). The highest BCUT2D eigenvalue weighted by molar-refractivity contribution is 5.73. The lowest BCUT2D eigenvalue weighted by Crippen LogP contribution is -2.39. The van der Waals surface area contributed by atoms with E-state index in [1.807, 2.05) is 11.5 Å². The van der Waals surface area contributed by atoms with Crippen LogP contribution in [0.3, 0.4) is 0 Å². The van der Waals surface area contributed by atoms with Gasteiger partial charge >= 0.3 is 6.03 Å². The van der Waals surface area contributed by atoms with Gasteiger partial charge in [0.2, 0.25) is 0 Å². The van der Waals surface area contributed by atoms with Crippen molar-refractivity contribution in [2.75, 3.05) is 13.2 Å². The molecule has 2 heterocycles. The molecule has 7 heteroatoms. The summed E-state index contributed by atoms with van der Waals surface area (Å²) in [6, 6.07) is -0.198. The number of carbonyl (C=O) groups is 1. The van der Waals surface area contributed by atoms with Gasteiger partial charge in [0.1, 0.15) is 6.33 Å². The quantitative estimate of drug-likeness (QED) is 0.789. The first-order valence-electron chi connectivity index (χ1n) is 6.29. The Morgan fingerprint density at radius 1 is 1.61 bits per heavy atom. The Kier molecular flexibility index (Phi) is 4.52. The predicted molar refractivity (Wildman–Crippen MR) is 64.9 cm³/mol. The van der Waals surface area contributed by atoms with Crippen LogP contribution in [-0.2, 0) is 17.8 Å². The van der Waals surface area contributed by atoms with Gasteiger partial charge in [-0.25, -0.2) is 4.79 Å². The Hall–Kier alpha value is -1.63. The smallest absolute Gasteiger partial charge is 0.315 e. The van der Waals surface area contributed by atoms with Crippen molar-refractivity contribution in [1.29, 1.82) is 0 Å². The first-order valence-corrected chi connectivity index (χ1v) is 6.29. The SMILES string of the molecule is CCn1cnnc1CNC(=O)NC[C@@H]1CCCO1. The van der Waals surface area contributed by atoms with Gasteiger partial charge in [0.25, 0.3) is 0 Å². The van der Waals surface area contributed by atoms with Gasteiger partial charge in [0, 0.05) is 19.7 Å². The summed E-state index contributed by atoms with van der Waals surface area (Å²) in [5.41, 5.74) is 0. The third-order valence-corrected chi connectivity index (χ3v) is 2.96. The van der Waals surface area contributed by atoms with E-state index in [-0.39, 0.29) is 12.1 Å². The molecule has 1 aromatic heterocycles. The third-order valence-electron chi connectivity index (χ3n) is 2.96. The van der Waals surface area contributed by atoms with Gasteiger partial charge in [-0.05, 0) is 19.8 Å². The molecule has 1 aliphatic rings. The van der Waals surface area contributed by atoms with Crippen LogP contribution in [0.25, 0.3) is 0 Å². The van der Waals surface area contributed by atoms with E-state index in [9.17, 15) is 4.79 Å². The summed E-state index contributed by atoms with van der Waals surface area (Å²) >= 11 is 0. The van der Waals surface area contributed by atoms with E-state index in [1.54, 1.807) is 6.33 Å². The molecule has 1 atom stereocenters. The third kappa shape index (κ3) is 3.43. The fourth-order valence-corrected chi connectivity index (χ4v) is 1.91. The van der Waals surface area contributed by atoms with Crippen LogP contribution in [0, 0.1) is 0 Å². The molecule has 2 amide bonds. The molecule has 0 aromatic carbocycles. The second-order valence-corrected chi connectivity index (χ2v) is 4.23. The average Bonchev–Trinajstić information content (AvgIpc) is 3.04. The molecule has 0 saturated carbocycles. The van der Waals surface area contributed by atoms with Crippen molar-refractivity contribution in [2.24, 2.45) is 0 Å². The summed E-state index contributed by atoms with van der Waals surface area (Å²) < 4.78 is 7.31. The van der Waals surface area contributed by atoms with E-state index in [2.05, 4.69) is 20.8 Å². The van der Waals surface area contributed by atoms with Crippen molar-refractivity contribution in [1.82, 2.24) is 25.4 Å². The van der Waals surface area contributed by atoms with E-state index < -0.39 is 0 Å². The molecule has 0 bridgehead atoms. The number of hydrogen-bond acceptors (Lipinski definition) is 4. The number of hydrogen-bond donors (Lipinski definition) is 2. The fourth-order valence-electron chi connectivity index (χ4n) is 1.91. The van der Waals surface area contributed by atoms with Crippen LogP contribution in [0.2, 0.25) is 0 Å². The molecular weight excluding hydrogens is 234 g/mol. The monoisotopic (exact) mass is 253 g/mol. The standard InChI is InChI=1S/C11H19N5O2/c1-2-16-8-14-15-10(16)7-13-11(17)12-6-9-4-3-5-18-9/h8-9H,2-7H2,1H3,(H2,12,13,17)/t9-/m0/s1. The molecule has 100 valence electrons. The van der Waals surface area contributed by atoms with E-state index in [0.717, 1.165) is 31.8 Å². The Labute approximate surface area is 106 Å². The zero-order valence-electron chi connectivity index (χ0n) is 10.6. The minimum Gasteiger partial charge on any atom is -0.376 e. The second-order valence-electron chi connectivity index (χ2n) is 4.23. The van der Waals surface area contributed by atoms with Gasteiger partial charge in [-0.3, -0.25) is 0 Å². The first kappa shape index (κ1) is 12.8. The number of ether oxygens (including phenoxy) is 1. The van der Waals surface area contributed by atoms with Crippen LogP contribution in [0.1, 0.15) is 25.6 Å². The van der Waals surface area contributed by atoms with Gasteiger partial charge in [-0.1, -0.05) is 0 Å². The minimum absolute atomic E-state index is 0.162. The van der Waals surface area contributed by atoms with Gasteiger partial charge in [0.05, 0.1) is 12.6 Å². The molecule has 18 heavy (non-hydrogen) atoms. The van der Waals surface area contributed by atoms with Gasteiger partial charge in [0.15, 0.2) is 5.82 Å². The molecular formula is C11H19N5O2. The Balaban J connectivity index is 1.68. The molecule has 7 nitrogen and oxygen atoms in total. The van der Waals surface area contributed by atoms with Gasteiger partial charge in [-0.2, -0.15) is 0 Å². The first-order chi connectivity index (χ1) is 8.79. The summed E-state index contributed by atoms with van der Waals surface area (Å²) in [7, 11) is 0. The van der Waals surface area contributed by atoms with Crippen LogP contribution >= 0.6 is 0 Å². The normalized spacial score (nSPS) is 18.8. The van der Waals surface area contributed by atoms with Crippen LogP contribution in [-0.4, -0.2) is 40.1 Å². The predicted octanol–water partition coefficient (Wildman–Crippen LogP) is 0.276. The topological polar surface area (TPSA) is 81.1 Å². The molecule has 1 aliphatic heterocycles. The highest BCUT2D eigenvalue weighted by Crippen LogP contribution is 2.10. The second kappa shape index (κ2) is 6.34. The lowest BCUT2D eigenvalue weighted by molar-refractivity contribution is 0.111. The number of carbonyl (C=O) groups excluding carboxylic acids is 1. The van der Waals surface area contributed by atoms with Crippen LogP contribution in [0.15, 0.2) is 6.33 Å². The maximum absolute atomic E-state index is 11.6. The summed E-state index contributed by atoms with van der Waals surface area (Å²) in [5.74, 6) is 0.754. The maximum atomic E-state index is 11.6. The van der Waals surface area contributed by atoms with Crippen molar-refractivity contribution < 1.29 is 9.53 Å². The lowest BCUT2D eigenvalue weighted by Gasteiger charge is -2.11. The summed E-state index contributed by atoms with van der Waals surface area (Å²) in [6.45, 7) is 4.54. The summed E-state index contributed by atoms with van der Waals surface area (Å²) in [6.07, 6.45) is 3.91. The van der Waals surface area contributed by atoms with E-state index in [4.69, 9.17) is 4.74 Å². The summed E-state index contributed by atoms with van der Waals surface area (Å²) in [4.78, 5) is 11.6. The molecule has 0 spiro atoms. The number of nitrogens with zero attached hydrogens (tertiary/aromatic N) is 3. The molecule has 1 aromatic rings. The van der Waals surface area contributed by atoms with E-state index in [1.165, 1.54) is 0 Å². The Morgan fingerprint density at radius 2 is 2.50 bits per heavy atom. The molecule has 0 unspecified atom stereocenters. The molecule has 1 fully saturated rings. The number of rotatable bonds is 5. The number of aryl methyl sites for hydroxylation is 1. The molecule has 1 saturated heterocycles. The Morgan fingerprint density at radius 3 is 3.22 bits per heavy atom. The Bertz CT molecular complexity index is 387. The number of urea groups is 1. The zero-order valence-corrected chi connectivity index (χ0v) is 10.6. The van der Waals surface area contributed by atoms with Gasteiger partial charge < -0.3 is 19.9 Å². The van der Waals surface area contributed by atoms with Crippen molar-refractivity contribution >= 4 is 6.03 Å². The average molecular weight is 253 g/mol. The highest BCUT2D eigenvalue weighted by Gasteiger charge is 2.16. The van der Waals surface area contributed by atoms with Crippen molar-refractivity contribution in [3.05, 3.63) is 12.2 Å². The van der Waals surface area contributed by atoms with E-state index in [0.29, 0.717) is 13.1 Å². The largest absolute Gasteiger partial charge is 0.376 e. The minimum atomic E-state index is -0.198. The molecule has 0 aliphatic carbocycles. The number of nitrogens with one attached hydrogen (secondary N) is 2. The number of amides is 2. The van der Waals surface area contributed by atoms with Crippen LogP contribution in [0.5, 0.6) is 0 Å². The van der Waals surface area contributed by atoms with Gasteiger partial charge in [-0.15, -0.1) is 10.2 Å². The van der Waals surface area contributed by atoms with Crippen LogP contribution < -0.4 is 10.6 Å². The fraction of sp³-hybridized carbons (Fsp3) is 0.727. The lowest BCUT2D eigenvalue weighted by atomic mass is 10.2. The van der Waals surface area contributed by atoms with Crippen LogP contribution in [0.4, 0.5) is 4.79 Å². The summed E-state index contributed by atoms with van der Waals surface area (Å²) in [5, 5.41) is 13.3. The maximum Gasteiger partial charge on any atom is 0.315 e. The van der Waals surface area contributed by atoms with Crippen molar-refractivity contribution in [3.8, 4) is 0 Å².